The van der Waals surface area contributed by atoms with Crippen LogP contribution in [0.3, 0.4) is 0 Å². The van der Waals surface area contributed by atoms with Crippen molar-refractivity contribution in [1.82, 2.24) is 4.90 Å². The van der Waals surface area contributed by atoms with Gasteiger partial charge in [0, 0.05) is 12.0 Å². The Morgan fingerprint density at radius 2 is 1.95 bits per heavy atom. The molecule has 1 spiro atoms. The topological polar surface area (TPSA) is 46.6 Å². The highest BCUT2D eigenvalue weighted by Crippen LogP contribution is 2.43. The quantitative estimate of drug-likeness (QED) is 0.617. The molecule has 1 heterocycles. The molecular weight excluding hydrogens is 298 g/mol. The zero-order valence-corrected chi connectivity index (χ0v) is 13.8. The van der Waals surface area contributed by atoms with Crippen LogP contribution >= 0.6 is 0 Å². The third-order valence-electron chi connectivity index (χ3n) is 4.74. The van der Waals surface area contributed by atoms with Gasteiger partial charge >= 0.3 is 0 Å². The number of nitrogens with zero attached hydrogens (tertiary/aromatic N) is 1. The van der Waals surface area contributed by atoms with Crippen molar-refractivity contribution in [2.24, 2.45) is 0 Å². The smallest absolute Gasteiger partial charge is 0.264 e. The maximum Gasteiger partial charge on any atom is 0.264 e. The average molecular weight is 321 g/mol. The summed E-state index contributed by atoms with van der Waals surface area (Å²) in [5, 5.41) is 0. The predicted octanol–water partition coefficient (Wildman–Crippen LogP) is 2.41. The minimum Gasteiger partial charge on any atom is -0.303 e. The summed E-state index contributed by atoms with van der Waals surface area (Å²) in [6.07, 6.45) is 8.75. The van der Waals surface area contributed by atoms with Gasteiger partial charge in [0.1, 0.15) is 0 Å². The molecule has 0 radical (unpaired) electrons. The van der Waals surface area contributed by atoms with E-state index in [9.17, 15) is 8.42 Å². The van der Waals surface area contributed by atoms with Crippen LogP contribution in [0.15, 0.2) is 30.3 Å². The van der Waals surface area contributed by atoms with Crippen molar-refractivity contribution in [2.75, 3.05) is 32.5 Å². The Hall–Kier alpha value is -1.17. The molecule has 2 aliphatic rings. The molecule has 1 aliphatic heterocycles. The molecule has 22 heavy (non-hydrogen) atoms. The number of allylic oxidation sites excluding steroid dienone is 1. The molecule has 4 nitrogen and oxygen atoms in total. The van der Waals surface area contributed by atoms with Gasteiger partial charge in [0.2, 0.25) is 0 Å². The molecule has 0 atom stereocenters. The summed E-state index contributed by atoms with van der Waals surface area (Å²) in [4.78, 5) is 2.41. The van der Waals surface area contributed by atoms with E-state index in [4.69, 9.17) is 4.18 Å². The van der Waals surface area contributed by atoms with Crippen molar-refractivity contribution in [3.05, 3.63) is 41.5 Å². The Bertz CT molecular complexity index is 658. The lowest BCUT2D eigenvalue weighted by molar-refractivity contribution is 0.172. The van der Waals surface area contributed by atoms with Crippen molar-refractivity contribution in [1.29, 1.82) is 0 Å². The SMILES string of the molecule is CS(=O)(=O)OCCCN1CCC2(C=Cc3ccccc32)CC1. The molecule has 1 aromatic rings. The predicted molar refractivity (Wildman–Crippen MR) is 88.2 cm³/mol. The molecule has 0 N–H and O–H groups in total. The van der Waals surface area contributed by atoms with E-state index in [1.807, 2.05) is 0 Å². The van der Waals surface area contributed by atoms with Crippen LogP contribution in [0, 0.1) is 0 Å². The molecular formula is C17H23NO3S. The van der Waals surface area contributed by atoms with Gasteiger partial charge in [-0.2, -0.15) is 8.42 Å². The Morgan fingerprint density at radius 3 is 2.68 bits per heavy atom. The average Bonchev–Trinajstić information content (AvgIpc) is 2.84. The molecule has 0 bridgehead atoms. The zero-order valence-electron chi connectivity index (χ0n) is 13.0. The Balaban J connectivity index is 1.51. The molecule has 0 unspecified atom stereocenters. The molecule has 120 valence electrons. The van der Waals surface area contributed by atoms with E-state index in [2.05, 4.69) is 41.3 Å². The number of benzene rings is 1. The van der Waals surface area contributed by atoms with Crippen LogP contribution in [0.1, 0.15) is 30.4 Å². The van der Waals surface area contributed by atoms with E-state index in [1.165, 1.54) is 11.1 Å². The molecule has 0 aromatic heterocycles. The first kappa shape index (κ1) is 15.7. The third kappa shape index (κ3) is 3.42. The summed E-state index contributed by atoms with van der Waals surface area (Å²) in [5.74, 6) is 0. The number of likely N-dealkylation sites (tertiary alicyclic amines) is 1. The minimum absolute atomic E-state index is 0.219. The standard InChI is InChI=1S/C17H23NO3S/c1-22(19,20)21-14-4-11-18-12-9-17(10-13-18)8-7-15-5-2-3-6-16(15)17/h2-3,5-8H,4,9-14H2,1H3. The molecule has 1 aliphatic carbocycles. The number of piperidine rings is 1. The second-order valence-corrected chi connectivity index (χ2v) is 7.94. The van der Waals surface area contributed by atoms with Crippen LogP contribution in [0.25, 0.3) is 6.08 Å². The lowest BCUT2D eigenvalue weighted by Gasteiger charge is -2.39. The maximum atomic E-state index is 10.9. The molecule has 1 aromatic carbocycles. The highest BCUT2D eigenvalue weighted by molar-refractivity contribution is 7.85. The van der Waals surface area contributed by atoms with Gasteiger partial charge in [-0.05, 0) is 43.5 Å². The molecule has 3 rings (SSSR count). The van der Waals surface area contributed by atoms with Crippen LogP contribution < -0.4 is 0 Å². The van der Waals surface area contributed by atoms with E-state index >= 15 is 0 Å². The van der Waals surface area contributed by atoms with Crippen LogP contribution in [-0.4, -0.2) is 45.8 Å². The number of hydrogen-bond donors (Lipinski definition) is 0. The minimum atomic E-state index is -3.31. The fourth-order valence-corrected chi connectivity index (χ4v) is 3.97. The van der Waals surface area contributed by atoms with Crippen molar-refractivity contribution >= 4 is 16.2 Å². The van der Waals surface area contributed by atoms with Gasteiger partial charge in [-0.1, -0.05) is 36.4 Å². The van der Waals surface area contributed by atoms with E-state index in [-0.39, 0.29) is 12.0 Å². The number of rotatable bonds is 5. The van der Waals surface area contributed by atoms with E-state index in [1.54, 1.807) is 0 Å². The maximum absolute atomic E-state index is 10.9. The number of hydrogen-bond acceptors (Lipinski definition) is 4. The third-order valence-corrected chi connectivity index (χ3v) is 5.34. The Kier molecular flexibility index (Phi) is 4.39. The Labute approximate surface area is 132 Å². The second kappa shape index (κ2) is 6.14. The molecule has 0 saturated carbocycles. The highest BCUT2D eigenvalue weighted by Gasteiger charge is 2.37. The van der Waals surface area contributed by atoms with Gasteiger partial charge < -0.3 is 4.90 Å². The van der Waals surface area contributed by atoms with Gasteiger partial charge in [0.25, 0.3) is 10.1 Å². The van der Waals surface area contributed by atoms with Crippen molar-refractivity contribution in [3.8, 4) is 0 Å². The first-order valence-corrected chi connectivity index (χ1v) is 9.66. The van der Waals surface area contributed by atoms with Gasteiger partial charge in [0.15, 0.2) is 0 Å². The normalized spacial score (nSPS) is 20.4. The lowest BCUT2D eigenvalue weighted by Crippen LogP contribution is -2.41. The van der Waals surface area contributed by atoms with E-state index in [0.29, 0.717) is 0 Å². The molecule has 0 amide bonds. The summed E-state index contributed by atoms with van der Waals surface area (Å²) >= 11 is 0. The highest BCUT2D eigenvalue weighted by atomic mass is 32.2. The van der Waals surface area contributed by atoms with E-state index in [0.717, 1.165) is 45.2 Å². The summed E-state index contributed by atoms with van der Waals surface area (Å²) in [5.41, 5.74) is 3.05. The van der Waals surface area contributed by atoms with Gasteiger partial charge in [0.05, 0.1) is 12.9 Å². The van der Waals surface area contributed by atoms with Crippen LogP contribution in [0.5, 0.6) is 0 Å². The fourth-order valence-electron chi connectivity index (χ4n) is 3.54. The lowest BCUT2D eigenvalue weighted by atomic mass is 9.74. The first-order valence-electron chi connectivity index (χ1n) is 7.84. The van der Waals surface area contributed by atoms with Gasteiger partial charge in [-0.25, -0.2) is 0 Å². The summed E-state index contributed by atoms with van der Waals surface area (Å²) in [6.45, 7) is 3.29. The summed E-state index contributed by atoms with van der Waals surface area (Å²) in [7, 11) is -3.31. The van der Waals surface area contributed by atoms with Crippen molar-refractivity contribution in [2.45, 2.75) is 24.7 Å². The van der Waals surface area contributed by atoms with Gasteiger partial charge in [-0.15, -0.1) is 0 Å². The number of fused-ring (bicyclic) bond motifs is 2. The molecule has 5 heteroatoms. The molecule has 1 fully saturated rings. The first-order chi connectivity index (χ1) is 10.5. The Morgan fingerprint density at radius 1 is 1.23 bits per heavy atom. The summed E-state index contributed by atoms with van der Waals surface area (Å²) in [6, 6.07) is 8.67. The van der Waals surface area contributed by atoms with E-state index < -0.39 is 10.1 Å². The fraction of sp³-hybridized carbons (Fsp3) is 0.529. The zero-order chi connectivity index (χ0) is 15.6. The molecule has 1 saturated heterocycles. The monoisotopic (exact) mass is 321 g/mol. The van der Waals surface area contributed by atoms with Crippen molar-refractivity contribution in [3.63, 3.8) is 0 Å². The van der Waals surface area contributed by atoms with Crippen LogP contribution in [0.4, 0.5) is 0 Å². The second-order valence-electron chi connectivity index (χ2n) is 6.30. The van der Waals surface area contributed by atoms with Gasteiger partial charge in [-0.3, -0.25) is 4.18 Å². The van der Waals surface area contributed by atoms with Crippen LogP contribution in [0.2, 0.25) is 0 Å². The summed E-state index contributed by atoms with van der Waals surface area (Å²) < 4.78 is 26.6. The van der Waals surface area contributed by atoms with Crippen molar-refractivity contribution < 1.29 is 12.6 Å². The largest absolute Gasteiger partial charge is 0.303 e. The van der Waals surface area contributed by atoms with Crippen LogP contribution in [-0.2, 0) is 19.7 Å².